The van der Waals surface area contributed by atoms with Gasteiger partial charge in [-0.2, -0.15) is 16.4 Å². The number of anilines is 1. The molecule has 122 valence electrons. The molecule has 0 aromatic carbocycles. The summed E-state index contributed by atoms with van der Waals surface area (Å²) in [5.74, 6) is 1.23. The summed E-state index contributed by atoms with van der Waals surface area (Å²) < 4.78 is 1.75. The topological polar surface area (TPSA) is 76.0 Å². The summed E-state index contributed by atoms with van der Waals surface area (Å²) in [4.78, 5) is 23.7. The van der Waals surface area contributed by atoms with Crippen molar-refractivity contribution in [2.75, 3.05) is 11.9 Å². The van der Waals surface area contributed by atoms with Gasteiger partial charge in [0.2, 0.25) is 11.8 Å². The van der Waals surface area contributed by atoms with E-state index in [1.807, 2.05) is 11.4 Å². The van der Waals surface area contributed by atoms with Gasteiger partial charge in [0.25, 0.3) is 0 Å². The highest BCUT2D eigenvalue weighted by atomic mass is 32.1. The van der Waals surface area contributed by atoms with E-state index in [0.29, 0.717) is 24.8 Å². The van der Waals surface area contributed by atoms with Gasteiger partial charge in [0.1, 0.15) is 5.82 Å². The molecule has 0 spiro atoms. The first-order valence-corrected chi connectivity index (χ1v) is 8.68. The molecule has 1 fully saturated rings. The van der Waals surface area contributed by atoms with Crippen LogP contribution in [-0.4, -0.2) is 28.1 Å². The lowest BCUT2D eigenvalue weighted by atomic mass is 10.3. The Morgan fingerprint density at radius 1 is 1.43 bits per heavy atom. The molecule has 1 saturated carbocycles. The first-order valence-electron chi connectivity index (χ1n) is 7.74. The van der Waals surface area contributed by atoms with Crippen LogP contribution in [0.25, 0.3) is 0 Å². The third kappa shape index (κ3) is 4.19. The maximum absolute atomic E-state index is 12.0. The van der Waals surface area contributed by atoms with Crippen molar-refractivity contribution in [2.24, 2.45) is 11.8 Å². The van der Waals surface area contributed by atoms with Crippen molar-refractivity contribution >= 4 is 29.0 Å². The van der Waals surface area contributed by atoms with Crippen LogP contribution >= 0.6 is 11.3 Å². The minimum atomic E-state index is -0.124. The summed E-state index contributed by atoms with van der Waals surface area (Å²) in [6, 6.07) is 3.81. The standard InChI is InChI=1S/C16H20N4O2S/c1-11-8-13(11)16(22)17-5-3-15(21)19-14-2-6-18-20(14)9-12-4-7-23-10-12/h2,4,6-7,10-11,13H,3,5,8-9H2,1H3,(H,17,22)(H,19,21)/t11-,13+/m1/s1. The largest absolute Gasteiger partial charge is 0.355 e. The number of nitrogens with one attached hydrogen (secondary N) is 2. The zero-order chi connectivity index (χ0) is 16.2. The minimum absolute atomic E-state index is 0.0628. The predicted molar refractivity (Wildman–Crippen MR) is 89.2 cm³/mol. The molecule has 2 aromatic heterocycles. The quantitative estimate of drug-likeness (QED) is 0.815. The van der Waals surface area contributed by atoms with Gasteiger partial charge >= 0.3 is 0 Å². The number of thiophene rings is 1. The molecule has 0 unspecified atom stereocenters. The summed E-state index contributed by atoms with van der Waals surface area (Å²) in [5.41, 5.74) is 1.15. The Morgan fingerprint density at radius 2 is 2.26 bits per heavy atom. The monoisotopic (exact) mass is 332 g/mol. The molecule has 6 nitrogen and oxygen atoms in total. The van der Waals surface area contributed by atoms with Gasteiger partial charge in [-0.1, -0.05) is 6.92 Å². The van der Waals surface area contributed by atoms with Gasteiger partial charge in [-0.15, -0.1) is 0 Å². The van der Waals surface area contributed by atoms with E-state index in [1.54, 1.807) is 28.3 Å². The maximum atomic E-state index is 12.0. The molecule has 2 heterocycles. The Morgan fingerprint density at radius 3 is 2.96 bits per heavy atom. The lowest BCUT2D eigenvalue weighted by Gasteiger charge is -2.09. The van der Waals surface area contributed by atoms with Gasteiger partial charge in [0.05, 0.1) is 12.7 Å². The van der Waals surface area contributed by atoms with Gasteiger partial charge in [0, 0.05) is 24.9 Å². The molecule has 2 aromatic rings. The average molecular weight is 332 g/mol. The van der Waals surface area contributed by atoms with Gasteiger partial charge < -0.3 is 10.6 Å². The zero-order valence-electron chi connectivity index (χ0n) is 13.0. The number of nitrogens with zero attached hydrogens (tertiary/aromatic N) is 2. The van der Waals surface area contributed by atoms with E-state index in [9.17, 15) is 9.59 Å². The average Bonchev–Trinajstić information content (AvgIpc) is 2.92. The van der Waals surface area contributed by atoms with Crippen molar-refractivity contribution in [3.05, 3.63) is 34.7 Å². The number of carbonyl (C=O) groups is 2. The van der Waals surface area contributed by atoms with Crippen molar-refractivity contribution in [3.8, 4) is 0 Å². The second kappa shape index (κ2) is 6.95. The summed E-state index contributed by atoms with van der Waals surface area (Å²) in [5, 5.41) is 14.0. The Bertz CT molecular complexity index is 680. The fraction of sp³-hybridized carbons (Fsp3) is 0.438. The molecule has 1 aliphatic rings. The highest BCUT2D eigenvalue weighted by Crippen LogP contribution is 2.37. The summed E-state index contributed by atoms with van der Waals surface area (Å²) in [6.45, 7) is 3.06. The highest BCUT2D eigenvalue weighted by molar-refractivity contribution is 7.07. The van der Waals surface area contributed by atoms with Crippen LogP contribution < -0.4 is 10.6 Å². The maximum Gasteiger partial charge on any atom is 0.227 e. The van der Waals surface area contributed by atoms with Crippen molar-refractivity contribution in [3.63, 3.8) is 0 Å². The van der Waals surface area contributed by atoms with Crippen molar-refractivity contribution in [1.82, 2.24) is 15.1 Å². The molecular weight excluding hydrogens is 312 g/mol. The summed E-state index contributed by atoms with van der Waals surface area (Å²) in [6.07, 6.45) is 2.88. The SMILES string of the molecule is C[C@@H]1C[C@@H]1C(=O)NCCC(=O)Nc1ccnn1Cc1ccsc1. The summed E-state index contributed by atoms with van der Waals surface area (Å²) in [7, 11) is 0. The number of rotatable bonds is 7. The molecular formula is C16H20N4O2S. The van der Waals surface area contributed by atoms with Gasteiger partial charge in [-0.3, -0.25) is 9.59 Å². The van der Waals surface area contributed by atoms with E-state index in [0.717, 1.165) is 12.0 Å². The van der Waals surface area contributed by atoms with Crippen LogP contribution in [0.5, 0.6) is 0 Å². The molecule has 0 radical (unpaired) electrons. The molecule has 0 bridgehead atoms. The fourth-order valence-corrected chi connectivity index (χ4v) is 3.10. The van der Waals surface area contributed by atoms with Crippen LogP contribution in [0, 0.1) is 11.8 Å². The third-order valence-corrected chi connectivity index (χ3v) is 4.73. The number of carbonyl (C=O) groups excluding carboxylic acids is 2. The summed E-state index contributed by atoms with van der Waals surface area (Å²) >= 11 is 1.63. The molecule has 2 N–H and O–H groups in total. The van der Waals surface area contributed by atoms with Crippen LogP contribution in [0.4, 0.5) is 5.82 Å². The number of hydrogen-bond acceptors (Lipinski definition) is 4. The van der Waals surface area contributed by atoms with Gasteiger partial charge in [-0.25, -0.2) is 4.68 Å². The Kier molecular flexibility index (Phi) is 4.76. The van der Waals surface area contributed by atoms with Crippen molar-refractivity contribution in [2.45, 2.75) is 26.3 Å². The second-order valence-corrected chi connectivity index (χ2v) is 6.69. The second-order valence-electron chi connectivity index (χ2n) is 5.91. The van der Waals surface area contributed by atoms with E-state index in [1.165, 1.54) is 0 Å². The molecule has 0 aliphatic heterocycles. The minimum Gasteiger partial charge on any atom is -0.355 e. The van der Waals surface area contributed by atoms with Crippen molar-refractivity contribution in [1.29, 1.82) is 0 Å². The van der Waals surface area contributed by atoms with Crippen LogP contribution in [0.15, 0.2) is 29.1 Å². The lowest BCUT2D eigenvalue weighted by Crippen LogP contribution is -2.29. The smallest absolute Gasteiger partial charge is 0.227 e. The van der Waals surface area contributed by atoms with E-state index in [2.05, 4.69) is 28.0 Å². The molecule has 23 heavy (non-hydrogen) atoms. The van der Waals surface area contributed by atoms with Gasteiger partial charge in [-0.05, 0) is 34.7 Å². The molecule has 0 saturated heterocycles. The van der Waals surface area contributed by atoms with Crippen LogP contribution in [0.1, 0.15) is 25.3 Å². The molecule has 3 rings (SSSR count). The zero-order valence-corrected chi connectivity index (χ0v) is 13.8. The fourth-order valence-electron chi connectivity index (χ4n) is 2.44. The Balaban J connectivity index is 1.44. The van der Waals surface area contributed by atoms with Crippen molar-refractivity contribution < 1.29 is 9.59 Å². The van der Waals surface area contributed by atoms with Gasteiger partial charge in [0.15, 0.2) is 0 Å². The molecule has 7 heteroatoms. The van der Waals surface area contributed by atoms with E-state index in [-0.39, 0.29) is 24.2 Å². The molecule has 1 aliphatic carbocycles. The predicted octanol–water partition coefficient (Wildman–Crippen LogP) is 2.09. The van der Waals surface area contributed by atoms with Crippen LogP contribution in [-0.2, 0) is 16.1 Å². The normalized spacial score (nSPS) is 19.3. The lowest BCUT2D eigenvalue weighted by molar-refractivity contribution is -0.122. The first kappa shape index (κ1) is 15.7. The first-order chi connectivity index (χ1) is 11.1. The van der Waals surface area contributed by atoms with Crippen LogP contribution in [0.2, 0.25) is 0 Å². The van der Waals surface area contributed by atoms with E-state index in [4.69, 9.17) is 0 Å². The van der Waals surface area contributed by atoms with E-state index < -0.39 is 0 Å². The highest BCUT2D eigenvalue weighted by Gasteiger charge is 2.38. The Labute approximate surface area is 138 Å². The van der Waals surface area contributed by atoms with Crippen LogP contribution in [0.3, 0.4) is 0 Å². The molecule has 2 amide bonds. The third-order valence-electron chi connectivity index (χ3n) is 3.99. The molecule has 2 atom stereocenters. The van der Waals surface area contributed by atoms with E-state index >= 15 is 0 Å². The number of amides is 2. The number of aromatic nitrogens is 2. The number of hydrogen-bond donors (Lipinski definition) is 2. The Hall–Kier alpha value is -2.15.